The summed E-state index contributed by atoms with van der Waals surface area (Å²) in [6.45, 7) is 2.98. The van der Waals surface area contributed by atoms with Gasteiger partial charge in [-0.15, -0.1) is 0 Å². The second kappa shape index (κ2) is 8.02. The van der Waals surface area contributed by atoms with Gasteiger partial charge in [0.15, 0.2) is 5.58 Å². The number of hydrogen-bond acceptors (Lipinski definition) is 5. The van der Waals surface area contributed by atoms with Crippen molar-refractivity contribution in [1.29, 1.82) is 0 Å². The van der Waals surface area contributed by atoms with Gasteiger partial charge in [-0.1, -0.05) is 0 Å². The molecule has 3 heterocycles. The normalized spacial score (nSPS) is 14.1. The summed E-state index contributed by atoms with van der Waals surface area (Å²) in [5.41, 5.74) is 1.25. The predicted molar refractivity (Wildman–Crippen MR) is 111 cm³/mol. The zero-order valence-electron chi connectivity index (χ0n) is 16.6. The molecule has 30 heavy (non-hydrogen) atoms. The number of amides is 2. The fourth-order valence-electron chi connectivity index (χ4n) is 3.62. The molecule has 1 saturated heterocycles. The molecule has 0 radical (unpaired) electrons. The minimum absolute atomic E-state index is 0.0226. The summed E-state index contributed by atoms with van der Waals surface area (Å²) in [5, 5.41) is 2.65. The summed E-state index contributed by atoms with van der Waals surface area (Å²) < 4.78 is 6.50. The van der Waals surface area contributed by atoms with E-state index in [-0.39, 0.29) is 18.0 Å². The van der Waals surface area contributed by atoms with E-state index >= 15 is 0 Å². The zero-order chi connectivity index (χ0) is 21.3. The van der Waals surface area contributed by atoms with Crippen LogP contribution in [0.3, 0.4) is 0 Å². The number of aromatic amines is 1. The number of carbonyl (C=O) groups excluding carboxylic acids is 2. The lowest BCUT2D eigenvalue weighted by molar-refractivity contribution is -0.132. The Bertz CT molecular complexity index is 1230. The summed E-state index contributed by atoms with van der Waals surface area (Å²) >= 11 is 0. The van der Waals surface area contributed by atoms with E-state index in [1.165, 1.54) is 10.6 Å². The summed E-state index contributed by atoms with van der Waals surface area (Å²) in [6.07, 6.45) is 3.02. The number of aromatic nitrogens is 2. The molecule has 0 aliphatic carbocycles. The minimum Gasteiger partial charge on any atom is -0.408 e. The minimum atomic E-state index is -0.631. The van der Waals surface area contributed by atoms with Crippen molar-refractivity contribution in [3.63, 3.8) is 0 Å². The van der Waals surface area contributed by atoms with Crippen LogP contribution in [0.1, 0.15) is 35.3 Å². The number of likely N-dealkylation sites (tertiary alicyclic amines) is 1. The number of oxazole rings is 1. The molecule has 2 aromatic heterocycles. The van der Waals surface area contributed by atoms with Crippen LogP contribution >= 0.6 is 0 Å². The highest BCUT2D eigenvalue weighted by Crippen LogP contribution is 2.20. The maximum atomic E-state index is 12.6. The van der Waals surface area contributed by atoms with Crippen LogP contribution in [0.25, 0.3) is 11.1 Å². The van der Waals surface area contributed by atoms with Crippen molar-refractivity contribution in [3.8, 4) is 0 Å². The quantitative estimate of drug-likeness (QED) is 0.681. The topological polar surface area (TPSA) is 117 Å². The van der Waals surface area contributed by atoms with Gasteiger partial charge >= 0.3 is 5.76 Å². The van der Waals surface area contributed by atoms with Crippen LogP contribution < -0.4 is 16.6 Å². The molecular weight excluding hydrogens is 388 g/mol. The summed E-state index contributed by atoms with van der Waals surface area (Å²) in [6, 6.07) is 7.77. The van der Waals surface area contributed by atoms with Gasteiger partial charge in [-0.05, 0) is 56.5 Å². The van der Waals surface area contributed by atoms with E-state index in [1.54, 1.807) is 36.1 Å². The Morgan fingerprint density at radius 1 is 1.10 bits per heavy atom. The van der Waals surface area contributed by atoms with Gasteiger partial charge in [0.2, 0.25) is 5.91 Å². The van der Waals surface area contributed by atoms with Crippen molar-refractivity contribution >= 4 is 28.6 Å². The van der Waals surface area contributed by atoms with E-state index in [9.17, 15) is 19.2 Å². The van der Waals surface area contributed by atoms with Crippen molar-refractivity contribution in [2.24, 2.45) is 0 Å². The highest BCUT2D eigenvalue weighted by Gasteiger charge is 2.20. The number of H-pyrrole nitrogens is 1. The fraction of sp³-hybridized carbons (Fsp3) is 0.333. The lowest BCUT2D eigenvalue weighted by Gasteiger charge is -2.26. The number of hydrogen-bond donors (Lipinski definition) is 2. The van der Waals surface area contributed by atoms with Crippen LogP contribution in [0.4, 0.5) is 5.69 Å². The lowest BCUT2D eigenvalue weighted by atomic mass is 10.1. The first-order valence-electron chi connectivity index (χ1n) is 9.85. The number of rotatable bonds is 4. The highest BCUT2D eigenvalue weighted by molar-refractivity contribution is 6.04. The van der Waals surface area contributed by atoms with Crippen LogP contribution in [-0.4, -0.2) is 39.4 Å². The molecule has 0 spiro atoms. The first kappa shape index (κ1) is 19.7. The number of anilines is 1. The van der Waals surface area contributed by atoms with Crippen molar-refractivity contribution in [1.82, 2.24) is 14.5 Å². The van der Waals surface area contributed by atoms with Crippen molar-refractivity contribution in [2.75, 3.05) is 18.4 Å². The van der Waals surface area contributed by atoms with E-state index in [0.717, 1.165) is 19.3 Å². The van der Waals surface area contributed by atoms with E-state index in [2.05, 4.69) is 10.3 Å². The van der Waals surface area contributed by atoms with Gasteiger partial charge < -0.3 is 19.6 Å². The van der Waals surface area contributed by atoms with Crippen molar-refractivity contribution in [2.45, 2.75) is 32.7 Å². The largest absolute Gasteiger partial charge is 0.420 e. The Labute approximate surface area is 171 Å². The second-order valence-electron chi connectivity index (χ2n) is 7.42. The van der Waals surface area contributed by atoms with E-state index in [0.29, 0.717) is 35.6 Å². The van der Waals surface area contributed by atoms with Crippen molar-refractivity contribution < 1.29 is 14.0 Å². The number of benzene rings is 1. The van der Waals surface area contributed by atoms with Gasteiger partial charge in [0, 0.05) is 24.5 Å². The zero-order valence-corrected chi connectivity index (χ0v) is 16.6. The molecule has 3 aromatic rings. The SMILES string of the molecule is Cc1ccc(C(=O)Nc2ccc3oc(=O)n(CC(=O)N4CCCCC4)c3c2)c(=O)[nH]1. The smallest absolute Gasteiger partial charge is 0.408 e. The number of aryl methyl sites for hydroxylation is 1. The molecule has 1 aromatic carbocycles. The Morgan fingerprint density at radius 3 is 2.60 bits per heavy atom. The molecule has 156 valence electrons. The summed E-state index contributed by atoms with van der Waals surface area (Å²) in [5.74, 6) is -1.34. The molecule has 2 N–H and O–H groups in total. The Balaban J connectivity index is 1.59. The third kappa shape index (κ3) is 3.91. The van der Waals surface area contributed by atoms with Crippen LogP contribution in [0.5, 0.6) is 0 Å². The first-order valence-corrected chi connectivity index (χ1v) is 9.85. The number of piperidine rings is 1. The Kier molecular flexibility index (Phi) is 5.26. The Morgan fingerprint density at radius 2 is 1.87 bits per heavy atom. The predicted octanol–water partition coefficient (Wildman–Crippen LogP) is 1.86. The van der Waals surface area contributed by atoms with Gasteiger partial charge in [0.05, 0.1) is 5.52 Å². The monoisotopic (exact) mass is 410 g/mol. The van der Waals surface area contributed by atoms with Crippen molar-refractivity contribution in [3.05, 3.63) is 62.5 Å². The maximum absolute atomic E-state index is 12.6. The maximum Gasteiger partial charge on any atom is 0.420 e. The third-order valence-corrected chi connectivity index (χ3v) is 5.23. The van der Waals surface area contributed by atoms with E-state index in [1.807, 2.05) is 0 Å². The first-order chi connectivity index (χ1) is 14.4. The molecule has 1 aliphatic rings. The highest BCUT2D eigenvalue weighted by atomic mass is 16.4. The summed E-state index contributed by atoms with van der Waals surface area (Å²) in [7, 11) is 0. The van der Waals surface area contributed by atoms with Crippen LogP contribution in [0.15, 0.2) is 44.3 Å². The Hall–Kier alpha value is -3.62. The molecule has 0 bridgehead atoms. The third-order valence-electron chi connectivity index (χ3n) is 5.23. The average molecular weight is 410 g/mol. The molecule has 2 amide bonds. The molecule has 4 rings (SSSR count). The molecule has 1 fully saturated rings. The van der Waals surface area contributed by atoms with Crippen LogP contribution in [0.2, 0.25) is 0 Å². The summed E-state index contributed by atoms with van der Waals surface area (Å²) in [4.78, 5) is 53.7. The average Bonchev–Trinajstić information content (AvgIpc) is 3.03. The number of fused-ring (bicyclic) bond motifs is 1. The van der Waals surface area contributed by atoms with Crippen LogP contribution in [0, 0.1) is 6.92 Å². The molecule has 1 aliphatic heterocycles. The lowest BCUT2D eigenvalue weighted by Crippen LogP contribution is -2.39. The standard InChI is InChI=1S/C21H22N4O5/c1-13-5-7-15(19(27)22-13)20(28)23-14-6-8-17-16(11-14)25(21(29)30-17)12-18(26)24-9-3-2-4-10-24/h5-8,11H,2-4,9-10,12H2,1H3,(H,22,27)(H,23,28). The van der Waals surface area contributed by atoms with Gasteiger partial charge in [-0.25, -0.2) is 4.79 Å². The van der Waals surface area contributed by atoms with Gasteiger partial charge in [0.1, 0.15) is 12.1 Å². The van der Waals surface area contributed by atoms with Gasteiger partial charge in [-0.2, -0.15) is 0 Å². The number of nitrogens with one attached hydrogen (secondary N) is 2. The molecule has 9 nitrogen and oxygen atoms in total. The molecule has 0 atom stereocenters. The second-order valence-corrected chi connectivity index (χ2v) is 7.42. The van der Waals surface area contributed by atoms with E-state index < -0.39 is 17.2 Å². The number of nitrogens with zero attached hydrogens (tertiary/aromatic N) is 2. The van der Waals surface area contributed by atoms with E-state index in [4.69, 9.17) is 4.42 Å². The molecule has 0 saturated carbocycles. The molecule has 0 unspecified atom stereocenters. The van der Waals surface area contributed by atoms with Gasteiger partial charge in [0.25, 0.3) is 11.5 Å². The molecule has 9 heteroatoms. The number of pyridine rings is 1. The molecular formula is C21H22N4O5. The van der Waals surface area contributed by atoms with Gasteiger partial charge in [-0.3, -0.25) is 19.0 Å². The fourth-order valence-corrected chi connectivity index (χ4v) is 3.62. The van der Waals surface area contributed by atoms with Crippen LogP contribution in [-0.2, 0) is 11.3 Å². The number of carbonyl (C=O) groups is 2.